The quantitative estimate of drug-likeness (QED) is 0.768. The maximum atomic E-state index is 11.4. The molecule has 25 heavy (non-hydrogen) atoms. The van der Waals surface area contributed by atoms with Gasteiger partial charge in [-0.05, 0) is 64.6 Å². The fourth-order valence-corrected chi connectivity index (χ4v) is 4.06. The first-order valence-electron chi connectivity index (χ1n) is 9.61. The fourth-order valence-electron chi connectivity index (χ4n) is 4.06. The van der Waals surface area contributed by atoms with Gasteiger partial charge in [-0.2, -0.15) is 0 Å². The summed E-state index contributed by atoms with van der Waals surface area (Å²) in [6, 6.07) is 3.87. The number of Topliss-reactive ketones (excluding diaryl/α,β-unsaturated/α-hetero) is 1. The minimum absolute atomic E-state index is 0.0736. The van der Waals surface area contributed by atoms with E-state index in [1.807, 2.05) is 12.1 Å². The Morgan fingerprint density at radius 3 is 2.44 bits per heavy atom. The molecule has 0 aromatic carbocycles. The lowest BCUT2D eigenvalue weighted by atomic mass is 9.93. The van der Waals surface area contributed by atoms with Crippen LogP contribution >= 0.6 is 0 Å². The Kier molecular flexibility index (Phi) is 6.07. The molecule has 0 N–H and O–H groups in total. The number of hydrogen-bond donors (Lipinski definition) is 0. The average molecular weight is 345 g/mol. The number of piperidine rings is 1. The van der Waals surface area contributed by atoms with E-state index < -0.39 is 0 Å². The predicted octanol–water partition coefficient (Wildman–Crippen LogP) is 3.00. The van der Waals surface area contributed by atoms with Crippen molar-refractivity contribution >= 4 is 11.6 Å². The lowest BCUT2D eigenvalue weighted by Gasteiger charge is -2.37. The second-order valence-electron chi connectivity index (χ2n) is 7.70. The van der Waals surface area contributed by atoms with Gasteiger partial charge >= 0.3 is 0 Å². The molecule has 0 radical (unpaired) electrons. The van der Waals surface area contributed by atoms with Crippen LogP contribution in [-0.4, -0.2) is 60.6 Å². The molecule has 2 atom stereocenters. The Hall–Kier alpha value is -1.46. The average Bonchev–Trinajstić information content (AvgIpc) is 2.60. The standard InChI is InChI=1S/C20H31N3O2/c1-15-13-22(14-16(2)25-15)9-6-18-7-10-23(11-8-18)20-5-4-19(12-21-20)17(3)24/h4-5,12,15-16,18H,6-11,13-14H2,1-3H3. The number of ketones is 1. The van der Waals surface area contributed by atoms with E-state index >= 15 is 0 Å². The molecular formula is C20H31N3O2. The molecular weight excluding hydrogens is 314 g/mol. The van der Waals surface area contributed by atoms with Crippen molar-refractivity contribution in [3.8, 4) is 0 Å². The third-order valence-corrected chi connectivity index (χ3v) is 5.44. The molecule has 1 aromatic rings. The van der Waals surface area contributed by atoms with Crippen LogP contribution in [0.1, 0.15) is 50.4 Å². The number of nitrogens with zero attached hydrogens (tertiary/aromatic N) is 3. The summed E-state index contributed by atoms with van der Waals surface area (Å²) in [6.45, 7) is 11.4. The summed E-state index contributed by atoms with van der Waals surface area (Å²) in [7, 11) is 0. The van der Waals surface area contributed by atoms with Crippen molar-refractivity contribution in [2.45, 2.75) is 52.2 Å². The minimum atomic E-state index is 0.0736. The van der Waals surface area contributed by atoms with Crippen LogP contribution in [0, 0.1) is 5.92 Å². The van der Waals surface area contributed by atoms with Crippen molar-refractivity contribution in [2.24, 2.45) is 5.92 Å². The van der Waals surface area contributed by atoms with Crippen molar-refractivity contribution in [1.82, 2.24) is 9.88 Å². The molecule has 1 aromatic heterocycles. The number of aromatic nitrogens is 1. The van der Waals surface area contributed by atoms with Crippen LogP contribution in [-0.2, 0) is 4.74 Å². The Morgan fingerprint density at radius 2 is 1.88 bits per heavy atom. The van der Waals surface area contributed by atoms with E-state index in [4.69, 9.17) is 4.74 Å². The van der Waals surface area contributed by atoms with Gasteiger partial charge in [-0.3, -0.25) is 9.69 Å². The van der Waals surface area contributed by atoms with E-state index in [2.05, 4.69) is 28.6 Å². The van der Waals surface area contributed by atoms with Crippen molar-refractivity contribution < 1.29 is 9.53 Å². The number of carbonyl (C=O) groups is 1. The molecule has 2 aliphatic heterocycles. The SMILES string of the molecule is CC(=O)c1ccc(N2CCC(CCN3CC(C)OC(C)C3)CC2)nc1. The molecule has 5 heteroatoms. The van der Waals surface area contributed by atoms with Crippen LogP contribution in [0.2, 0.25) is 0 Å². The molecule has 2 unspecified atom stereocenters. The van der Waals surface area contributed by atoms with Crippen molar-refractivity contribution in [3.63, 3.8) is 0 Å². The van der Waals surface area contributed by atoms with Gasteiger partial charge in [0, 0.05) is 37.9 Å². The highest BCUT2D eigenvalue weighted by Gasteiger charge is 2.24. The Labute approximate surface area is 151 Å². The van der Waals surface area contributed by atoms with Gasteiger partial charge in [-0.25, -0.2) is 4.98 Å². The summed E-state index contributed by atoms with van der Waals surface area (Å²) in [5.74, 6) is 1.88. The molecule has 2 aliphatic rings. The summed E-state index contributed by atoms with van der Waals surface area (Å²) < 4.78 is 5.82. The molecule has 0 spiro atoms. The van der Waals surface area contributed by atoms with Gasteiger partial charge in [-0.1, -0.05) is 0 Å². The van der Waals surface area contributed by atoms with E-state index in [1.54, 1.807) is 13.1 Å². The fraction of sp³-hybridized carbons (Fsp3) is 0.700. The number of ether oxygens (including phenoxy) is 1. The first-order valence-corrected chi connectivity index (χ1v) is 9.61. The van der Waals surface area contributed by atoms with Gasteiger partial charge in [0.15, 0.2) is 5.78 Å². The zero-order valence-corrected chi connectivity index (χ0v) is 15.8. The minimum Gasteiger partial charge on any atom is -0.373 e. The van der Waals surface area contributed by atoms with E-state index in [9.17, 15) is 4.79 Å². The van der Waals surface area contributed by atoms with Gasteiger partial charge in [0.05, 0.1) is 12.2 Å². The van der Waals surface area contributed by atoms with Crippen LogP contribution in [0.5, 0.6) is 0 Å². The van der Waals surface area contributed by atoms with Gasteiger partial charge in [0.25, 0.3) is 0 Å². The molecule has 3 rings (SSSR count). The molecule has 0 saturated carbocycles. The first-order chi connectivity index (χ1) is 12.0. The molecule has 5 nitrogen and oxygen atoms in total. The number of morpholine rings is 1. The molecule has 2 fully saturated rings. The summed E-state index contributed by atoms with van der Waals surface area (Å²) in [5.41, 5.74) is 0.688. The monoisotopic (exact) mass is 345 g/mol. The Morgan fingerprint density at radius 1 is 1.20 bits per heavy atom. The maximum absolute atomic E-state index is 11.4. The largest absolute Gasteiger partial charge is 0.373 e. The highest BCUT2D eigenvalue weighted by Crippen LogP contribution is 2.25. The van der Waals surface area contributed by atoms with Crippen LogP contribution in [0.3, 0.4) is 0 Å². The molecule has 0 amide bonds. The van der Waals surface area contributed by atoms with Crippen molar-refractivity contribution in [1.29, 1.82) is 0 Å². The van der Waals surface area contributed by atoms with Crippen LogP contribution in [0.15, 0.2) is 18.3 Å². The number of carbonyl (C=O) groups excluding carboxylic acids is 1. The summed E-state index contributed by atoms with van der Waals surface area (Å²) in [4.78, 5) is 20.7. The summed E-state index contributed by atoms with van der Waals surface area (Å²) in [6.07, 6.45) is 6.15. The topological polar surface area (TPSA) is 45.7 Å². The van der Waals surface area contributed by atoms with Crippen molar-refractivity contribution in [3.05, 3.63) is 23.9 Å². The predicted molar refractivity (Wildman–Crippen MR) is 100 cm³/mol. The highest BCUT2D eigenvalue weighted by molar-refractivity contribution is 5.93. The van der Waals surface area contributed by atoms with E-state index in [0.29, 0.717) is 17.8 Å². The van der Waals surface area contributed by atoms with E-state index in [-0.39, 0.29) is 5.78 Å². The molecule has 138 valence electrons. The van der Waals surface area contributed by atoms with E-state index in [0.717, 1.165) is 37.9 Å². The molecule has 3 heterocycles. The van der Waals surface area contributed by atoms with Gasteiger partial charge in [0.1, 0.15) is 5.82 Å². The molecule has 0 bridgehead atoms. The van der Waals surface area contributed by atoms with Gasteiger partial charge < -0.3 is 9.64 Å². The van der Waals surface area contributed by atoms with Crippen LogP contribution < -0.4 is 4.90 Å². The molecule has 0 aliphatic carbocycles. The van der Waals surface area contributed by atoms with E-state index in [1.165, 1.54) is 25.8 Å². The number of pyridine rings is 1. The Bertz CT molecular complexity index is 557. The zero-order chi connectivity index (χ0) is 17.8. The van der Waals surface area contributed by atoms with Gasteiger partial charge in [0.2, 0.25) is 0 Å². The number of rotatable bonds is 5. The summed E-state index contributed by atoms with van der Waals surface area (Å²) in [5, 5.41) is 0. The first kappa shape index (κ1) is 18.3. The van der Waals surface area contributed by atoms with Crippen molar-refractivity contribution in [2.75, 3.05) is 37.6 Å². The number of anilines is 1. The molecule has 2 saturated heterocycles. The Balaban J connectivity index is 1.43. The smallest absolute Gasteiger partial charge is 0.161 e. The lowest BCUT2D eigenvalue weighted by molar-refractivity contribution is -0.0690. The third kappa shape index (κ3) is 5.02. The van der Waals surface area contributed by atoms with Crippen LogP contribution in [0.4, 0.5) is 5.82 Å². The summed E-state index contributed by atoms with van der Waals surface area (Å²) >= 11 is 0. The normalized spacial score (nSPS) is 26.0. The third-order valence-electron chi connectivity index (χ3n) is 5.44. The highest BCUT2D eigenvalue weighted by atomic mass is 16.5. The number of hydrogen-bond acceptors (Lipinski definition) is 5. The van der Waals surface area contributed by atoms with Gasteiger partial charge in [-0.15, -0.1) is 0 Å². The lowest BCUT2D eigenvalue weighted by Crippen LogP contribution is -2.46. The second kappa shape index (κ2) is 8.28. The van der Waals surface area contributed by atoms with Crippen LogP contribution in [0.25, 0.3) is 0 Å². The zero-order valence-electron chi connectivity index (χ0n) is 15.8. The second-order valence-corrected chi connectivity index (χ2v) is 7.70. The maximum Gasteiger partial charge on any atom is 0.161 e.